The van der Waals surface area contributed by atoms with Crippen LogP contribution in [-0.2, 0) is 13.2 Å². The average molecular weight is 411 g/mol. The Bertz CT molecular complexity index is 933. The molecular formula is C18H13Cl2FN2O2S. The number of carbonyl (C=O) groups excluding carboxylic acids is 1. The topological polar surface area (TPSA) is 51.2 Å². The fourth-order valence-corrected chi connectivity index (χ4v) is 3.15. The Labute approximate surface area is 163 Å². The number of carbonyl (C=O) groups is 1. The molecule has 26 heavy (non-hydrogen) atoms. The van der Waals surface area contributed by atoms with E-state index >= 15 is 0 Å². The van der Waals surface area contributed by atoms with E-state index in [0.717, 1.165) is 0 Å². The molecule has 0 radical (unpaired) electrons. The van der Waals surface area contributed by atoms with Gasteiger partial charge in [-0.05, 0) is 29.8 Å². The molecule has 0 atom stereocenters. The van der Waals surface area contributed by atoms with Gasteiger partial charge in [0.1, 0.15) is 28.9 Å². The van der Waals surface area contributed by atoms with Crippen molar-refractivity contribution < 1.29 is 13.9 Å². The average Bonchev–Trinajstić information content (AvgIpc) is 3.10. The Balaban J connectivity index is 1.57. The summed E-state index contributed by atoms with van der Waals surface area (Å²) in [6, 6.07) is 11.0. The first kappa shape index (κ1) is 18.6. The molecule has 2 aromatic carbocycles. The van der Waals surface area contributed by atoms with Gasteiger partial charge >= 0.3 is 0 Å². The monoisotopic (exact) mass is 410 g/mol. The highest BCUT2D eigenvalue weighted by Crippen LogP contribution is 2.28. The summed E-state index contributed by atoms with van der Waals surface area (Å²) in [7, 11) is 0. The summed E-state index contributed by atoms with van der Waals surface area (Å²) in [6.45, 7) is 0.389. The van der Waals surface area contributed by atoms with E-state index < -0.39 is 0 Å². The molecule has 1 amide bonds. The van der Waals surface area contributed by atoms with Crippen molar-refractivity contribution in [2.75, 3.05) is 0 Å². The third-order valence-electron chi connectivity index (χ3n) is 3.37. The van der Waals surface area contributed by atoms with E-state index in [2.05, 4.69) is 10.3 Å². The van der Waals surface area contributed by atoms with Crippen LogP contribution in [0.1, 0.15) is 21.1 Å². The first-order valence-corrected chi connectivity index (χ1v) is 9.20. The van der Waals surface area contributed by atoms with Gasteiger partial charge in [-0.25, -0.2) is 9.37 Å². The molecule has 0 spiro atoms. The molecule has 0 bridgehead atoms. The van der Waals surface area contributed by atoms with Gasteiger partial charge in [0, 0.05) is 23.0 Å². The van der Waals surface area contributed by atoms with Crippen molar-refractivity contribution in [1.82, 2.24) is 10.3 Å². The molecule has 3 aromatic rings. The molecule has 0 fully saturated rings. The molecule has 0 aliphatic rings. The zero-order valence-corrected chi connectivity index (χ0v) is 15.7. The quantitative estimate of drug-likeness (QED) is 0.614. The van der Waals surface area contributed by atoms with Gasteiger partial charge in [0.05, 0.1) is 5.02 Å². The van der Waals surface area contributed by atoms with Crippen molar-refractivity contribution in [3.63, 3.8) is 0 Å². The van der Waals surface area contributed by atoms with Crippen LogP contribution in [0.3, 0.4) is 0 Å². The number of hydrogen-bond donors (Lipinski definition) is 1. The summed E-state index contributed by atoms with van der Waals surface area (Å²) < 4.78 is 18.7. The molecule has 3 rings (SSSR count). The number of thiazole rings is 1. The summed E-state index contributed by atoms with van der Waals surface area (Å²) in [4.78, 5) is 16.4. The van der Waals surface area contributed by atoms with Crippen LogP contribution in [-0.4, -0.2) is 10.9 Å². The number of nitrogens with one attached hydrogen (secondary N) is 1. The molecule has 0 unspecified atom stereocenters. The predicted molar refractivity (Wildman–Crippen MR) is 100 cm³/mol. The molecule has 8 heteroatoms. The van der Waals surface area contributed by atoms with Gasteiger partial charge in [0.2, 0.25) is 0 Å². The lowest BCUT2D eigenvalue weighted by molar-refractivity contribution is 0.0946. The molecule has 0 aliphatic heterocycles. The van der Waals surface area contributed by atoms with Gasteiger partial charge in [-0.1, -0.05) is 35.3 Å². The Kier molecular flexibility index (Phi) is 6.08. The zero-order valence-electron chi connectivity index (χ0n) is 13.3. The van der Waals surface area contributed by atoms with Crippen LogP contribution >= 0.6 is 34.5 Å². The number of aromatic nitrogens is 1. The molecule has 0 aliphatic carbocycles. The lowest BCUT2D eigenvalue weighted by atomic mass is 10.2. The van der Waals surface area contributed by atoms with E-state index in [9.17, 15) is 9.18 Å². The lowest BCUT2D eigenvalue weighted by Crippen LogP contribution is -2.23. The maximum Gasteiger partial charge on any atom is 0.271 e. The van der Waals surface area contributed by atoms with Gasteiger partial charge in [-0.15, -0.1) is 11.3 Å². The predicted octanol–water partition coefficient (Wildman–Crippen LogP) is 5.10. The maximum absolute atomic E-state index is 13.1. The van der Waals surface area contributed by atoms with Crippen LogP contribution in [0.25, 0.3) is 0 Å². The second-order valence-corrected chi connectivity index (χ2v) is 7.09. The van der Waals surface area contributed by atoms with Gasteiger partial charge < -0.3 is 10.1 Å². The summed E-state index contributed by atoms with van der Waals surface area (Å²) in [5, 5.41) is 5.92. The van der Waals surface area contributed by atoms with E-state index in [4.69, 9.17) is 27.9 Å². The Morgan fingerprint density at radius 3 is 2.88 bits per heavy atom. The fourth-order valence-electron chi connectivity index (χ4n) is 2.13. The third-order valence-corrected chi connectivity index (χ3v) is 4.74. The SMILES string of the molecule is O=C(NCc1cccc(F)c1)c1csc(COc2cc(Cl)ccc2Cl)n1. The molecular weight excluding hydrogens is 398 g/mol. The first-order valence-electron chi connectivity index (χ1n) is 7.56. The number of benzene rings is 2. The molecule has 134 valence electrons. The maximum atomic E-state index is 13.1. The summed E-state index contributed by atoms with van der Waals surface area (Å²) >= 11 is 13.2. The summed E-state index contributed by atoms with van der Waals surface area (Å²) in [5.74, 6) is -0.228. The van der Waals surface area contributed by atoms with E-state index in [1.807, 2.05) is 0 Å². The Morgan fingerprint density at radius 1 is 1.23 bits per heavy atom. The number of nitrogens with zero attached hydrogens (tertiary/aromatic N) is 1. The minimum absolute atomic E-state index is 0.169. The second-order valence-electron chi connectivity index (χ2n) is 5.30. The standard InChI is InChI=1S/C18H13Cl2FN2O2S/c19-12-4-5-14(20)16(7-12)25-9-17-23-15(10-26-17)18(24)22-8-11-2-1-3-13(21)6-11/h1-7,10H,8-9H2,(H,22,24). The van der Waals surface area contributed by atoms with Crippen LogP contribution in [0, 0.1) is 5.82 Å². The van der Waals surface area contributed by atoms with Crippen molar-refractivity contribution in [2.24, 2.45) is 0 Å². The van der Waals surface area contributed by atoms with Crippen molar-refractivity contribution >= 4 is 40.4 Å². The smallest absolute Gasteiger partial charge is 0.271 e. The third kappa shape index (κ3) is 4.94. The number of amides is 1. The fraction of sp³-hybridized carbons (Fsp3) is 0.111. The number of ether oxygens (including phenoxy) is 1. The van der Waals surface area contributed by atoms with Crippen LogP contribution < -0.4 is 10.1 Å². The Hall–Kier alpha value is -2.15. The largest absolute Gasteiger partial charge is 0.485 e. The summed E-state index contributed by atoms with van der Waals surface area (Å²) in [5.41, 5.74) is 0.954. The van der Waals surface area contributed by atoms with Crippen LogP contribution in [0.2, 0.25) is 10.0 Å². The molecule has 4 nitrogen and oxygen atoms in total. The highest BCUT2D eigenvalue weighted by Gasteiger charge is 2.12. The van der Waals surface area contributed by atoms with E-state index in [1.165, 1.54) is 23.5 Å². The second kappa shape index (κ2) is 8.49. The van der Waals surface area contributed by atoms with Crippen molar-refractivity contribution in [3.05, 3.63) is 80.0 Å². The molecule has 0 saturated heterocycles. The molecule has 1 N–H and O–H groups in total. The molecule has 0 saturated carbocycles. The van der Waals surface area contributed by atoms with Crippen molar-refractivity contribution in [1.29, 1.82) is 0 Å². The van der Waals surface area contributed by atoms with Gasteiger partial charge in [0.15, 0.2) is 0 Å². The van der Waals surface area contributed by atoms with Crippen molar-refractivity contribution in [2.45, 2.75) is 13.2 Å². The number of halogens is 3. The minimum Gasteiger partial charge on any atom is -0.485 e. The number of hydrogen-bond acceptors (Lipinski definition) is 4. The van der Waals surface area contributed by atoms with E-state index in [1.54, 1.807) is 35.7 Å². The van der Waals surface area contributed by atoms with Crippen LogP contribution in [0.4, 0.5) is 4.39 Å². The summed E-state index contributed by atoms with van der Waals surface area (Å²) in [6.07, 6.45) is 0. The lowest BCUT2D eigenvalue weighted by Gasteiger charge is -2.06. The normalized spacial score (nSPS) is 10.6. The van der Waals surface area contributed by atoms with Crippen LogP contribution in [0.5, 0.6) is 5.75 Å². The van der Waals surface area contributed by atoms with Gasteiger partial charge in [-0.3, -0.25) is 4.79 Å². The number of rotatable bonds is 6. The van der Waals surface area contributed by atoms with Crippen LogP contribution in [0.15, 0.2) is 47.8 Å². The Morgan fingerprint density at radius 2 is 2.08 bits per heavy atom. The van der Waals surface area contributed by atoms with E-state index in [0.29, 0.717) is 26.4 Å². The highest BCUT2D eigenvalue weighted by atomic mass is 35.5. The highest BCUT2D eigenvalue weighted by molar-refractivity contribution is 7.09. The van der Waals surface area contributed by atoms with Crippen molar-refractivity contribution in [3.8, 4) is 5.75 Å². The van der Waals surface area contributed by atoms with Gasteiger partial charge in [-0.2, -0.15) is 0 Å². The van der Waals surface area contributed by atoms with E-state index in [-0.39, 0.29) is 30.6 Å². The first-order chi connectivity index (χ1) is 12.5. The van der Waals surface area contributed by atoms with Gasteiger partial charge in [0.25, 0.3) is 5.91 Å². The minimum atomic E-state index is -0.343. The molecule has 1 aromatic heterocycles. The molecule has 1 heterocycles. The zero-order chi connectivity index (χ0) is 18.5.